The molecule has 1 amide bonds. The number of rotatable bonds is 4. The number of aryl methyl sites for hydroxylation is 1. The number of nitrogens with one attached hydrogen (secondary N) is 1. The molecule has 1 aromatic carbocycles. The number of halogens is 2. The van der Waals surface area contributed by atoms with Crippen molar-refractivity contribution in [3.8, 4) is 11.3 Å². The molecule has 1 atom stereocenters. The maximum absolute atomic E-state index is 12.4. The predicted octanol–water partition coefficient (Wildman–Crippen LogP) is 4.49. The Balaban J connectivity index is 2.50. The van der Waals surface area contributed by atoms with Crippen LogP contribution in [-0.4, -0.2) is 17.1 Å². The number of carbonyl (C=O) groups is 1. The third-order valence-corrected chi connectivity index (χ3v) is 3.91. The molecule has 1 heterocycles. The first-order valence-corrected chi connectivity index (χ1v) is 7.42. The summed E-state index contributed by atoms with van der Waals surface area (Å²) in [6.45, 7) is 5.62. The summed E-state index contributed by atoms with van der Waals surface area (Å²) in [5, 5.41) is 7.70. The van der Waals surface area contributed by atoms with E-state index in [-0.39, 0.29) is 11.9 Å². The molecule has 0 fully saturated rings. The van der Waals surface area contributed by atoms with E-state index in [1.807, 2.05) is 13.8 Å². The topological polar surface area (TPSA) is 55.1 Å². The predicted molar refractivity (Wildman–Crippen MR) is 83.9 cm³/mol. The van der Waals surface area contributed by atoms with Gasteiger partial charge in [0, 0.05) is 11.6 Å². The van der Waals surface area contributed by atoms with E-state index < -0.39 is 0 Å². The zero-order chi connectivity index (χ0) is 15.6. The van der Waals surface area contributed by atoms with E-state index in [0.29, 0.717) is 32.6 Å². The van der Waals surface area contributed by atoms with Crippen LogP contribution in [0.3, 0.4) is 0 Å². The first-order valence-electron chi connectivity index (χ1n) is 6.67. The summed E-state index contributed by atoms with van der Waals surface area (Å²) in [5.74, 6) is 0.191. The van der Waals surface area contributed by atoms with Crippen molar-refractivity contribution < 1.29 is 9.32 Å². The molecule has 0 aliphatic heterocycles. The van der Waals surface area contributed by atoms with Crippen LogP contribution in [0.4, 0.5) is 0 Å². The largest absolute Gasteiger partial charge is 0.360 e. The van der Waals surface area contributed by atoms with E-state index in [9.17, 15) is 4.79 Å². The normalized spacial score (nSPS) is 12.2. The van der Waals surface area contributed by atoms with Crippen LogP contribution in [0.2, 0.25) is 10.0 Å². The fraction of sp³-hybridized carbons (Fsp3) is 0.333. The van der Waals surface area contributed by atoms with Crippen molar-refractivity contribution in [2.45, 2.75) is 33.2 Å². The maximum atomic E-state index is 12.4. The van der Waals surface area contributed by atoms with Gasteiger partial charge in [0.1, 0.15) is 17.0 Å². The highest BCUT2D eigenvalue weighted by Gasteiger charge is 2.25. The van der Waals surface area contributed by atoms with Crippen molar-refractivity contribution in [2.24, 2.45) is 0 Å². The molecule has 6 heteroatoms. The Labute approximate surface area is 133 Å². The SMILES string of the molecule is CC[C@H](C)NC(=O)c1c(-c2c(Cl)cccc2Cl)noc1C. The van der Waals surface area contributed by atoms with Crippen LogP contribution in [0, 0.1) is 6.92 Å². The van der Waals surface area contributed by atoms with Crippen LogP contribution in [0.1, 0.15) is 36.4 Å². The lowest BCUT2D eigenvalue weighted by Crippen LogP contribution is -2.32. The lowest BCUT2D eigenvalue weighted by Gasteiger charge is -2.12. The Kier molecular flexibility index (Phi) is 4.91. The van der Waals surface area contributed by atoms with Gasteiger partial charge in [-0.05, 0) is 32.4 Å². The van der Waals surface area contributed by atoms with Gasteiger partial charge in [-0.2, -0.15) is 0 Å². The highest BCUT2D eigenvalue weighted by Crippen LogP contribution is 2.36. The van der Waals surface area contributed by atoms with Gasteiger partial charge in [0.25, 0.3) is 5.91 Å². The molecule has 0 radical (unpaired) electrons. The summed E-state index contributed by atoms with van der Waals surface area (Å²) in [6, 6.07) is 5.19. The minimum absolute atomic E-state index is 0.0568. The van der Waals surface area contributed by atoms with Gasteiger partial charge in [0.2, 0.25) is 0 Å². The first-order chi connectivity index (χ1) is 9.95. The summed E-state index contributed by atoms with van der Waals surface area (Å²) in [5.41, 5.74) is 1.24. The zero-order valence-corrected chi connectivity index (χ0v) is 13.5. The van der Waals surface area contributed by atoms with Crippen molar-refractivity contribution in [1.29, 1.82) is 0 Å². The Morgan fingerprint density at radius 3 is 2.57 bits per heavy atom. The van der Waals surface area contributed by atoms with E-state index in [1.54, 1.807) is 25.1 Å². The number of aromatic nitrogens is 1. The molecule has 0 aliphatic carbocycles. The van der Waals surface area contributed by atoms with Gasteiger partial charge in [0.15, 0.2) is 0 Å². The molecule has 2 rings (SSSR count). The van der Waals surface area contributed by atoms with Crippen molar-refractivity contribution in [3.63, 3.8) is 0 Å². The molecule has 0 bridgehead atoms. The van der Waals surface area contributed by atoms with Gasteiger partial charge in [-0.3, -0.25) is 4.79 Å². The van der Waals surface area contributed by atoms with E-state index in [0.717, 1.165) is 6.42 Å². The number of amides is 1. The molecule has 21 heavy (non-hydrogen) atoms. The number of carbonyl (C=O) groups excluding carboxylic acids is 1. The smallest absolute Gasteiger partial charge is 0.257 e. The second kappa shape index (κ2) is 6.50. The number of hydrogen-bond donors (Lipinski definition) is 1. The van der Waals surface area contributed by atoms with Gasteiger partial charge in [-0.25, -0.2) is 0 Å². The minimum Gasteiger partial charge on any atom is -0.360 e. The zero-order valence-electron chi connectivity index (χ0n) is 12.0. The lowest BCUT2D eigenvalue weighted by atomic mass is 10.0. The van der Waals surface area contributed by atoms with Crippen molar-refractivity contribution in [1.82, 2.24) is 10.5 Å². The fourth-order valence-corrected chi connectivity index (χ4v) is 2.51. The number of nitrogens with zero attached hydrogens (tertiary/aromatic N) is 1. The molecule has 0 spiro atoms. The minimum atomic E-state index is -0.242. The second-order valence-corrected chi connectivity index (χ2v) is 5.66. The molecule has 0 saturated carbocycles. The summed E-state index contributed by atoms with van der Waals surface area (Å²) in [4.78, 5) is 12.4. The molecule has 0 unspecified atom stereocenters. The van der Waals surface area contributed by atoms with Gasteiger partial charge in [-0.1, -0.05) is 41.3 Å². The third kappa shape index (κ3) is 3.22. The second-order valence-electron chi connectivity index (χ2n) is 4.84. The van der Waals surface area contributed by atoms with Gasteiger partial charge in [-0.15, -0.1) is 0 Å². The Morgan fingerprint density at radius 2 is 2.00 bits per heavy atom. The maximum Gasteiger partial charge on any atom is 0.257 e. The van der Waals surface area contributed by atoms with E-state index >= 15 is 0 Å². The molecule has 2 aromatic rings. The van der Waals surface area contributed by atoms with Crippen molar-refractivity contribution >= 4 is 29.1 Å². The number of benzene rings is 1. The highest BCUT2D eigenvalue weighted by atomic mass is 35.5. The van der Waals surface area contributed by atoms with Crippen LogP contribution in [0.5, 0.6) is 0 Å². The summed E-state index contributed by atoms with van der Waals surface area (Å²) in [7, 11) is 0. The molecule has 112 valence electrons. The van der Waals surface area contributed by atoms with Crippen LogP contribution in [-0.2, 0) is 0 Å². The van der Waals surface area contributed by atoms with Crippen LogP contribution >= 0.6 is 23.2 Å². The third-order valence-electron chi connectivity index (χ3n) is 3.28. The Morgan fingerprint density at radius 1 is 1.38 bits per heavy atom. The van der Waals surface area contributed by atoms with Crippen molar-refractivity contribution in [3.05, 3.63) is 39.6 Å². The highest BCUT2D eigenvalue weighted by molar-refractivity contribution is 6.39. The first kappa shape index (κ1) is 15.9. The average molecular weight is 327 g/mol. The van der Waals surface area contributed by atoms with Gasteiger partial charge >= 0.3 is 0 Å². The molecular weight excluding hydrogens is 311 g/mol. The van der Waals surface area contributed by atoms with E-state index in [1.165, 1.54) is 0 Å². The lowest BCUT2D eigenvalue weighted by molar-refractivity contribution is 0.0938. The van der Waals surface area contributed by atoms with Crippen LogP contribution in [0.25, 0.3) is 11.3 Å². The molecule has 4 nitrogen and oxygen atoms in total. The van der Waals surface area contributed by atoms with Gasteiger partial charge < -0.3 is 9.84 Å². The quantitative estimate of drug-likeness (QED) is 0.900. The molecule has 0 saturated heterocycles. The standard InChI is InChI=1S/C15H16Cl2N2O2/c1-4-8(2)18-15(20)12-9(3)21-19-14(12)13-10(16)6-5-7-11(13)17/h5-8H,4H2,1-3H3,(H,18,20)/t8-/m0/s1. The summed E-state index contributed by atoms with van der Waals surface area (Å²) in [6.07, 6.45) is 0.832. The van der Waals surface area contributed by atoms with Crippen LogP contribution in [0.15, 0.2) is 22.7 Å². The monoisotopic (exact) mass is 326 g/mol. The molecular formula is C15H16Cl2N2O2. The van der Waals surface area contributed by atoms with Crippen LogP contribution < -0.4 is 5.32 Å². The Hall–Kier alpha value is -1.52. The fourth-order valence-electron chi connectivity index (χ4n) is 1.93. The van der Waals surface area contributed by atoms with E-state index in [2.05, 4.69) is 10.5 Å². The number of hydrogen-bond acceptors (Lipinski definition) is 3. The van der Waals surface area contributed by atoms with Gasteiger partial charge in [0.05, 0.1) is 10.0 Å². The molecule has 1 N–H and O–H groups in total. The molecule has 1 aromatic heterocycles. The Bertz CT molecular complexity index is 647. The average Bonchev–Trinajstić information content (AvgIpc) is 2.80. The van der Waals surface area contributed by atoms with E-state index in [4.69, 9.17) is 27.7 Å². The molecule has 0 aliphatic rings. The van der Waals surface area contributed by atoms with Crippen molar-refractivity contribution in [2.75, 3.05) is 0 Å². The summed E-state index contributed by atoms with van der Waals surface area (Å²) >= 11 is 12.4. The summed E-state index contributed by atoms with van der Waals surface area (Å²) < 4.78 is 5.17.